The first kappa shape index (κ1) is 13.1. The highest BCUT2D eigenvalue weighted by atomic mass is 32.2. The van der Waals surface area contributed by atoms with Gasteiger partial charge in [0.1, 0.15) is 0 Å². The molecule has 1 aromatic carbocycles. The van der Waals surface area contributed by atoms with Crippen LogP contribution in [0.3, 0.4) is 0 Å². The van der Waals surface area contributed by atoms with E-state index >= 15 is 0 Å². The maximum atomic E-state index is 12.0. The van der Waals surface area contributed by atoms with Crippen LogP contribution in [0, 0.1) is 11.3 Å². The largest absolute Gasteiger partial charge is 0.313 e. The van der Waals surface area contributed by atoms with Crippen molar-refractivity contribution in [3.8, 4) is 6.07 Å². The maximum Gasteiger partial charge on any atom is 0.179 e. The van der Waals surface area contributed by atoms with Gasteiger partial charge in [-0.3, -0.25) is 0 Å². The third-order valence-electron chi connectivity index (χ3n) is 3.25. The van der Waals surface area contributed by atoms with Crippen LogP contribution in [0.4, 0.5) is 0 Å². The van der Waals surface area contributed by atoms with Crippen molar-refractivity contribution in [1.29, 1.82) is 5.26 Å². The second-order valence-electron chi connectivity index (χ2n) is 4.54. The Bertz CT molecular complexity index is 539. The van der Waals surface area contributed by atoms with Gasteiger partial charge in [0.2, 0.25) is 0 Å². The summed E-state index contributed by atoms with van der Waals surface area (Å²) in [5.74, 6) is 0.107. The first-order valence-electron chi connectivity index (χ1n) is 6.08. The number of sulfone groups is 1. The molecule has 96 valence electrons. The van der Waals surface area contributed by atoms with Crippen molar-refractivity contribution in [1.82, 2.24) is 5.32 Å². The number of nitrogens with one attached hydrogen (secondary N) is 1. The van der Waals surface area contributed by atoms with Gasteiger partial charge in [0.25, 0.3) is 0 Å². The van der Waals surface area contributed by atoms with E-state index < -0.39 is 9.84 Å². The van der Waals surface area contributed by atoms with Crippen LogP contribution in [-0.2, 0) is 9.84 Å². The zero-order valence-electron chi connectivity index (χ0n) is 10.1. The van der Waals surface area contributed by atoms with Gasteiger partial charge in [0, 0.05) is 12.6 Å². The van der Waals surface area contributed by atoms with E-state index in [4.69, 9.17) is 5.26 Å². The Morgan fingerprint density at radius 1 is 1.28 bits per heavy atom. The van der Waals surface area contributed by atoms with Crippen molar-refractivity contribution < 1.29 is 8.42 Å². The molecule has 0 amide bonds. The lowest BCUT2D eigenvalue weighted by Crippen LogP contribution is -2.37. The fourth-order valence-corrected chi connectivity index (χ4v) is 3.04. The first-order chi connectivity index (χ1) is 8.62. The molecule has 1 aliphatic rings. The van der Waals surface area contributed by atoms with E-state index in [0.717, 1.165) is 12.8 Å². The molecule has 0 bridgehead atoms. The third-order valence-corrected chi connectivity index (χ3v) is 4.98. The molecule has 4 nitrogen and oxygen atoms in total. The van der Waals surface area contributed by atoms with Crippen molar-refractivity contribution in [2.24, 2.45) is 0 Å². The van der Waals surface area contributed by atoms with Gasteiger partial charge < -0.3 is 5.32 Å². The Hall–Kier alpha value is -1.38. The highest BCUT2D eigenvalue weighted by Gasteiger charge is 2.18. The molecule has 1 aliphatic carbocycles. The molecule has 1 saturated carbocycles. The molecule has 0 radical (unpaired) electrons. The van der Waals surface area contributed by atoms with Crippen molar-refractivity contribution in [2.75, 3.05) is 12.3 Å². The number of rotatable bonds is 5. The molecule has 0 saturated heterocycles. The Kier molecular flexibility index (Phi) is 4.00. The molecule has 2 rings (SSSR count). The third kappa shape index (κ3) is 3.09. The second-order valence-corrected chi connectivity index (χ2v) is 6.65. The molecule has 0 unspecified atom stereocenters. The van der Waals surface area contributed by atoms with Crippen molar-refractivity contribution >= 4 is 9.84 Å². The summed E-state index contributed by atoms with van der Waals surface area (Å²) < 4.78 is 24.0. The predicted octanol–water partition coefficient (Wildman–Crippen LogP) is 1.47. The van der Waals surface area contributed by atoms with E-state index in [1.54, 1.807) is 0 Å². The SMILES string of the molecule is N#Cc1ccc(S(=O)(=O)CCNC2CCC2)cc1. The van der Waals surface area contributed by atoms with Crippen LogP contribution in [0.25, 0.3) is 0 Å². The quantitative estimate of drug-likeness (QED) is 0.874. The molecule has 1 fully saturated rings. The molecule has 18 heavy (non-hydrogen) atoms. The molecular formula is C13H16N2O2S. The van der Waals surface area contributed by atoms with Gasteiger partial charge in [-0.25, -0.2) is 8.42 Å². The fourth-order valence-electron chi connectivity index (χ4n) is 1.86. The molecule has 0 atom stereocenters. The Balaban J connectivity index is 1.94. The van der Waals surface area contributed by atoms with E-state index in [0.29, 0.717) is 18.2 Å². The summed E-state index contributed by atoms with van der Waals surface area (Å²) in [5.41, 5.74) is 0.474. The van der Waals surface area contributed by atoms with E-state index in [-0.39, 0.29) is 10.6 Å². The van der Waals surface area contributed by atoms with E-state index in [9.17, 15) is 8.42 Å². The summed E-state index contributed by atoms with van der Waals surface area (Å²) in [6, 6.07) is 8.54. The van der Waals surface area contributed by atoms with Gasteiger partial charge in [0.15, 0.2) is 9.84 Å². The van der Waals surface area contributed by atoms with Crippen molar-refractivity contribution in [3.63, 3.8) is 0 Å². The number of nitriles is 1. The molecule has 0 aliphatic heterocycles. The van der Waals surface area contributed by atoms with E-state index in [1.807, 2.05) is 6.07 Å². The van der Waals surface area contributed by atoms with Crippen LogP contribution in [0.1, 0.15) is 24.8 Å². The lowest BCUT2D eigenvalue weighted by molar-refractivity contribution is 0.346. The zero-order chi connectivity index (χ0) is 13.0. The Morgan fingerprint density at radius 2 is 1.94 bits per heavy atom. The van der Waals surface area contributed by atoms with Crippen LogP contribution < -0.4 is 5.32 Å². The van der Waals surface area contributed by atoms with Gasteiger partial charge in [-0.1, -0.05) is 6.42 Å². The topological polar surface area (TPSA) is 70.0 Å². The van der Waals surface area contributed by atoms with Gasteiger partial charge in [-0.2, -0.15) is 5.26 Å². The smallest absolute Gasteiger partial charge is 0.179 e. The monoisotopic (exact) mass is 264 g/mol. The highest BCUT2D eigenvalue weighted by molar-refractivity contribution is 7.91. The van der Waals surface area contributed by atoms with Gasteiger partial charge in [-0.05, 0) is 37.1 Å². The average Bonchev–Trinajstić information content (AvgIpc) is 2.32. The van der Waals surface area contributed by atoms with Crippen molar-refractivity contribution in [2.45, 2.75) is 30.2 Å². The normalized spacial score (nSPS) is 15.9. The van der Waals surface area contributed by atoms with Gasteiger partial charge in [0.05, 0.1) is 22.3 Å². The fraction of sp³-hybridized carbons (Fsp3) is 0.462. The first-order valence-corrected chi connectivity index (χ1v) is 7.73. The highest BCUT2D eigenvalue weighted by Crippen LogP contribution is 2.18. The summed E-state index contributed by atoms with van der Waals surface area (Å²) >= 11 is 0. The van der Waals surface area contributed by atoms with Crippen LogP contribution >= 0.6 is 0 Å². The lowest BCUT2D eigenvalue weighted by Gasteiger charge is -2.26. The number of nitrogens with zero attached hydrogens (tertiary/aromatic N) is 1. The lowest BCUT2D eigenvalue weighted by atomic mass is 9.93. The molecule has 0 spiro atoms. The molecule has 1 N–H and O–H groups in total. The Labute approximate surface area is 108 Å². The van der Waals surface area contributed by atoms with Crippen LogP contribution in [0.15, 0.2) is 29.2 Å². The molecular weight excluding hydrogens is 248 g/mol. The van der Waals surface area contributed by atoms with E-state index in [1.165, 1.54) is 30.7 Å². The Morgan fingerprint density at radius 3 is 2.44 bits per heavy atom. The predicted molar refractivity (Wildman–Crippen MR) is 68.9 cm³/mol. The van der Waals surface area contributed by atoms with Crippen LogP contribution in [0.5, 0.6) is 0 Å². The van der Waals surface area contributed by atoms with Crippen LogP contribution in [-0.4, -0.2) is 26.8 Å². The van der Waals surface area contributed by atoms with Gasteiger partial charge >= 0.3 is 0 Å². The summed E-state index contributed by atoms with van der Waals surface area (Å²) in [6.07, 6.45) is 3.54. The average molecular weight is 264 g/mol. The number of benzene rings is 1. The van der Waals surface area contributed by atoms with Crippen LogP contribution in [0.2, 0.25) is 0 Å². The molecule has 1 aromatic rings. The van der Waals surface area contributed by atoms with Gasteiger partial charge in [-0.15, -0.1) is 0 Å². The minimum absolute atomic E-state index is 0.107. The summed E-state index contributed by atoms with van der Waals surface area (Å²) in [4.78, 5) is 0.289. The zero-order valence-corrected chi connectivity index (χ0v) is 10.9. The standard InChI is InChI=1S/C13H16N2O2S/c14-10-11-4-6-13(7-5-11)18(16,17)9-8-15-12-2-1-3-12/h4-7,12,15H,1-3,8-9H2. The maximum absolute atomic E-state index is 12.0. The van der Waals surface area contributed by atoms with E-state index in [2.05, 4.69) is 5.32 Å². The van der Waals surface area contributed by atoms with Crippen molar-refractivity contribution in [3.05, 3.63) is 29.8 Å². The number of hydrogen-bond donors (Lipinski definition) is 1. The minimum atomic E-state index is -3.24. The summed E-state index contributed by atoms with van der Waals surface area (Å²) in [7, 11) is -3.24. The second kappa shape index (κ2) is 5.51. The minimum Gasteiger partial charge on any atom is -0.313 e. The molecule has 0 heterocycles. The summed E-state index contributed by atoms with van der Waals surface area (Å²) in [6.45, 7) is 0.493. The molecule has 5 heteroatoms. The summed E-state index contributed by atoms with van der Waals surface area (Å²) in [5, 5.41) is 11.9. The molecule has 0 aromatic heterocycles. The number of hydrogen-bond acceptors (Lipinski definition) is 4.